The van der Waals surface area contributed by atoms with Gasteiger partial charge in [-0.05, 0) is 61.5 Å². The number of hydrogen-bond donors (Lipinski definition) is 0. The Morgan fingerprint density at radius 3 is 2.54 bits per heavy atom. The normalized spacial score (nSPS) is 17.3. The van der Waals surface area contributed by atoms with Crippen molar-refractivity contribution in [2.24, 2.45) is 11.8 Å². The van der Waals surface area contributed by atoms with Gasteiger partial charge in [-0.1, -0.05) is 77.1 Å². The van der Waals surface area contributed by atoms with Crippen molar-refractivity contribution >= 4 is 0 Å². The van der Waals surface area contributed by atoms with Gasteiger partial charge in [-0.3, -0.25) is 0 Å². The molecule has 28 heavy (non-hydrogen) atoms. The molecule has 0 spiro atoms. The van der Waals surface area contributed by atoms with Crippen LogP contribution in [0.15, 0.2) is 30.5 Å². The highest BCUT2D eigenvalue weighted by Crippen LogP contribution is 2.32. The van der Waals surface area contributed by atoms with E-state index in [0.717, 1.165) is 29.6 Å². The van der Waals surface area contributed by atoms with Gasteiger partial charge in [-0.2, -0.15) is 0 Å². The minimum absolute atomic E-state index is 0.821. The van der Waals surface area contributed by atoms with Gasteiger partial charge in [0.2, 0.25) is 0 Å². The molecule has 0 fully saturated rings. The fourth-order valence-electron chi connectivity index (χ4n) is 4.58. The third kappa shape index (κ3) is 5.65. The zero-order valence-corrected chi connectivity index (χ0v) is 18.2. The Bertz CT molecular complexity index is 720. The molecule has 1 aliphatic rings. The molecule has 1 aromatic carbocycles. The molecule has 2 nitrogen and oxygen atoms in total. The summed E-state index contributed by atoms with van der Waals surface area (Å²) in [7, 11) is 0. The molecule has 0 saturated carbocycles. The molecule has 1 aromatic heterocycles. The zero-order chi connectivity index (χ0) is 19.8. The van der Waals surface area contributed by atoms with E-state index in [-0.39, 0.29) is 0 Å². The Hall–Kier alpha value is -1.70. The number of unbranched alkanes of at least 4 members (excludes halogenated alkanes) is 2. The van der Waals surface area contributed by atoms with E-state index in [0.29, 0.717) is 0 Å². The number of hydrogen-bond acceptors (Lipinski definition) is 2. The summed E-state index contributed by atoms with van der Waals surface area (Å²) in [4.78, 5) is 9.67. The highest BCUT2D eigenvalue weighted by atomic mass is 14.9. The quantitative estimate of drug-likeness (QED) is 0.437. The third-order valence-corrected chi connectivity index (χ3v) is 6.49. The molecule has 2 unspecified atom stereocenters. The molecule has 0 N–H and O–H groups in total. The van der Waals surface area contributed by atoms with E-state index in [1.165, 1.54) is 81.0 Å². The van der Waals surface area contributed by atoms with E-state index in [1.807, 2.05) is 0 Å². The van der Waals surface area contributed by atoms with Crippen LogP contribution in [0.2, 0.25) is 0 Å². The fraction of sp³-hybridized carbons (Fsp3) is 0.615. The van der Waals surface area contributed by atoms with Crippen molar-refractivity contribution in [3.63, 3.8) is 0 Å². The van der Waals surface area contributed by atoms with E-state index in [1.54, 1.807) is 0 Å². The molecule has 0 amide bonds. The molecule has 1 aliphatic carbocycles. The molecule has 0 bridgehead atoms. The van der Waals surface area contributed by atoms with Gasteiger partial charge in [-0.25, -0.2) is 9.97 Å². The van der Waals surface area contributed by atoms with Gasteiger partial charge >= 0.3 is 0 Å². The molecular formula is C26H38N2. The fourth-order valence-corrected chi connectivity index (χ4v) is 4.58. The summed E-state index contributed by atoms with van der Waals surface area (Å²) in [6.07, 6.45) is 16.2. The summed E-state index contributed by atoms with van der Waals surface area (Å²) >= 11 is 0. The van der Waals surface area contributed by atoms with E-state index < -0.39 is 0 Å². The summed E-state index contributed by atoms with van der Waals surface area (Å²) in [5.41, 5.74) is 5.25. The van der Waals surface area contributed by atoms with Crippen LogP contribution < -0.4 is 0 Å². The number of nitrogens with zero attached hydrogens (tertiary/aromatic N) is 2. The van der Waals surface area contributed by atoms with Crippen LogP contribution in [-0.2, 0) is 19.3 Å². The van der Waals surface area contributed by atoms with E-state index in [4.69, 9.17) is 9.97 Å². The van der Waals surface area contributed by atoms with Crippen LogP contribution in [-0.4, -0.2) is 9.97 Å². The van der Waals surface area contributed by atoms with Crippen molar-refractivity contribution in [1.82, 2.24) is 9.97 Å². The summed E-state index contributed by atoms with van der Waals surface area (Å²) in [5.74, 6) is 2.62. The van der Waals surface area contributed by atoms with Gasteiger partial charge in [0, 0.05) is 17.5 Å². The second kappa shape index (κ2) is 10.7. The Morgan fingerprint density at radius 2 is 1.82 bits per heavy atom. The molecule has 2 aromatic rings. The van der Waals surface area contributed by atoms with E-state index in [9.17, 15) is 0 Å². The Balaban J connectivity index is 1.63. The molecule has 1 heterocycles. The number of aromatic nitrogens is 2. The van der Waals surface area contributed by atoms with Crippen molar-refractivity contribution in [3.05, 3.63) is 47.3 Å². The van der Waals surface area contributed by atoms with Crippen LogP contribution in [0.5, 0.6) is 0 Å². The first-order valence-corrected chi connectivity index (χ1v) is 11.7. The molecule has 2 atom stereocenters. The Kier molecular flexibility index (Phi) is 8.06. The summed E-state index contributed by atoms with van der Waals surface area (Å²) < 4.78 is 0. The van der Waals surface area contributed by atoms with E-state index >= 15 is 0 Å². The van der Waals surface area contributed by atoms with Gasteiger partial charge in [0.15, 0.2) is 5.82 Å². The van der Waals surface area contributed by atoms with E-state index in [2.05, 4.69) is 51.2 Å². The third-order valence-electron chi connectivity index (χ3n) is 6.49. The van der Waals surface area contributed by atoms with Crippen LogP contribution in [0.3, 0.4) is 0 Å². The standard InChI is InChI=1S/C26H38N2/c1-4-7-9-20(6-3)17-22-13-16-25-24(18-22)19-27-26(28-25)23-14-11-21(12-15-23)10-8-5-2/h11-12,14-15,19-20,22H,4-10,13,16-18H2,1-3H3. The molecule has 0 radical (unpaired) electrons. The summed E-state index contributed by atoms with van der Waals surface area (Å²) in [5, 5.41) is 0. The highest BCUT2D eigenvalue weighted by molar-refractivity contribution is 5.55. The highest BCUT2D eigenvalue weighted by Gasteiger charge is 2.23. The van der Waals surface area contributed by atoms with Crippen LogP contribution in [0.1, 0.15) is 89.0 Å². The molecule has 152 valence electrons. The zero-order valence-electron chi connectivity index (χ0n) is 18.2. The lowest BCUT2D eigenvalue weighted by molar-refractivity contribution is 0.311. The Morgan fingerprint density at radius 1 is 1.04 bits per heavy atom. The van der Waals surface area contributed by atoms with Gasteiger partial charge in [-0.15, -0.1) is 0 Å². The van der Waals surface area contributed by atoms with Crippen molar-refractivity contribution in [2.45, 2.75) is 91.4 Å². The first-order valence-electron chi connectivity index (χ1n) is 11.7. The number of rotatable bonds is 10. The average Bonchev–Trinajstić information content (AvgIpc) is 2.75. The maximum atomic E-state index is 4.95. The first kappa shape index (κ1) is 21.0. The molecule has 0 aliphatic heterocycles. The molecular weight excluding hydrogens is 340 g/mol. The van der Waals surface area contributed by atoms with Gasteiger partial charge in [0.25, 0.3) is 0 Å². The summed E-state index contributed by atoms with van der Waals surface area (Å²) in [6.45, 7) is 6.91. The SMILES string of the molecule is CCCCc1ccc(-c2ncc3c(n2)CCC(CC(CC)CCCC)C3)cc1. The van der Waals surface area contributed by atoms with Gasteiger partial charge < -0.3 is 0 Å². The average molecular weight is 379 g/mol. The minimum Gasteiger partial charge on any atom is -0.236 e. The lowest BCUT2D eigenvalue weighted by atomic mass is 9.79. The van der Waals surface area contributed by atoms with Crippen molar-refractivity contribution in [3.8, 4) is 11.4 Å². The maximum Gasteiger partial charge on any atom is 0.159 e. The number of fused-ring (bicyclic) bond motifs is 1. The van der Waals surface area contributed by atoms with Crippen molar-refractivity contribution in [2.75, 3.05) is 0 Å². The summed E-state index contributed by atoms with van der Waals surface area (Å²) in [6, 6.07) is 8.87. The number of benzene rings is 1. The molecule has 0 saturated heterocycles. The van der Waals surface area contributed by atoms with Crippen LogP contribution in [0.25, 0.3) is 11.4 Å². The second-order valence-corrected chi connectivity index (χ2v) is 8.73. The predicted octanol–water partition coefficient (Wildman–Crippen LogP) is 7.20. The monoisotopic (exact) mass is 378 g/mol. The van der Waals surface area contributed by atoms with Crippen molar-refractivity contribution in [1.29, 1.82) is 0 Å². The lowest BCUT2D eigenvalue weighted by Gasteiger charge is -2.27. The lowest BCUT2D eigenvalue weighted by Crippen LogP contribution is -2.19. The van der Waals surface area contributed by atoms with Crippen LogP contribution in [0.4, 0.5) is 0 Å². The van der Waals surface area contributed by atoms with Crippen LogP contribution >= 0.6 is 0 Å². The van der Waals surface area contributed by atoms with Gasteiger partial charge in [0.1, 0.15) is 0 Å². The second-order valence-electron chi connectivity index (χ2n) is 8.73. The predicted molar refractivity (Wildman–Crippen MR) is 120 cm³/mol. The first-order chi connectivity index (χ1) is 13.7. The minimum atomic E-state index is 0.821. The topological polar surface area (TPSA) is 25.8 Å². The molecule has 3 rings (SSSR count). The maximum absolute atomic E-state index is 4.95. The largest absolute Gasteiger partial charge is 0.236 e. The van der Waals surface area contributed by atoms with Crippen LogP contribution in [0, 0.1) is 11.8 Å². The number of aryl methyl sites for hydroxylation is 2. The van der Waals surface area contributed by atoms with Gasteiger partial charge in [0.05, 0.1) is 0 Å². The Labute approximate surface area is 172 Å². The molecule has 2 heteroatoms. The van der Waals surface area contributed by atoms with Crippen molar-refractivity contribution < 1.29 is 0 Å². The smallest absolute Gasteiger partial charge is 0.159 e.